The van der Waals surface area contributed by atoms with E-state index < -0.39 is 0 Å². The van der Waals surface area contributed by atoms with Crippen LogP contribution in [0.15, 0.2) is 72.8 Å². The Hall–Kier alpha value is -4.77. The summed E-state index contributed by atoms with van der Waals surface area (Å²) in [6.07, 6.45) is 4.87. The van der Waals surface area contributed by atoms with Crippen molar-refractivity contribution in [3.8, 4) is 5.69 Å². The molecule has 2 fully saturated rings. The molecule has 2 aliphatic rings. The Bertz CT molecular complexity index is 1910. The van der Waals surface area contributed by atoms with Gasteiger partial charge >= 0.3 is 12.1 Å². The molecule has 10 nitrogen and oxygen atoms in total. The average molecular weight is 649 g/mol. The van der Waals surface area contributed by atoms with E-state index in [4.69, 9.17) is 5.10 Å². The Kier molecular flexibility index (Phi) is 8.17. The lowest BCUT2D eigenvalue weighted by Gasteiger charge is -2.39. The molecule has 0 aliphatic carbocycles. The highest BCUT2D eigenvalue weighted by Crippen LogP contribution is 2.40. The first-order valence-corrected chi connectivity index (χ1v) is 17.0. The molecule has 2 bridgehead atoms. The Morgan fingerprint density at radius 1 is 0.894 bits per heavy atom. The van der Waals surface area contributed by atoms with Crippen molar-refractivity contribution >= 4 is 52.0 Å². The summed E-state index contributed by atoms with van der Waals surface area (Å²) >= 11 is 1.15. The molecule has 0 spiro atoms. The van der Waals surface area contributed by atoms with Gasteiger partial charge in [-0.3, -0.25) is 5.32 Å². The number of nitrogens with one attached hydrogen (secondary N) is 3. The van der Waals surface area contributed by atoms with E-state index in [1.165, 1.54) is 5.56 Å². The van der Waals surface area contributed by atoms with E-state index in [9.17, 15) is 9.59 Å². The first kappa shape index (κ1) is 30.9. The van der Waals surface area contributed by atoms with Crippen LogP contribution in [0.25, 0.3) is 16.7 Å². The highest BCUT2D eigenvalue weighted by molar-refractivity contribution is 7.00. The number of nitrogens with zero attached hydrogens (tertiary/aromatic N) is 5. The van der Waals surface area contributed by atoms with Gasteiger partial charge in [0.25, 0.3) is 0 Å². The molecular formula is C36H40N8O2S. The number of piperidine rings is 1. The Morgan fingerprint density at radius 2 is 1.64 bits per heavy atom. The number of benzene rings is 3. The van der Waals surface area contributed by atoms with Gasteiger partial charge in [0.15, 0.2) is 0 Å². The molecule has 7 rings (SSSR count). The third-order valence-electron chi connectivity index (χ3n) is 9.30. The zero-order valence-corrected chi connectivity index (χ0v) is 28.0. The molecule has 2 aliphatic heterocycles. The summed E-state index contributed by atoms with van der Waals surface area (Å²) in [4.78, 5) is 28.7. The zero-order valence-electron chi connectivity index (χ0n) is 27.2. The number of carbonyl (C=O) groups is 2. The van der Waals surface area contributed by atoms with Crippen LogP contribution in [-0.4, -0.2) is 47.6 Å². The summed E-state index contributed by atoms with van der Waals surface area (Å²) in [5.74, 6) is 1.07. The number of anilines is 3. The van der Waals surface area contributed by atoms with Gasteiger partial charge in [-0.05, 0) is 86.9 Å². The van der Waals surface area contributed by atoms with Crippen molar-refractivity contribution < 1.29 is 9.59 Å². The Balaban J connectivity index is 0.988. The van der Waals surface area contributed by atoms with Crippen LogP contribution in [0, 0.1) is 12.8 Å². The van der Waals surface area contributed by atoms with Crippen LogP contribution in [0.4, 0.5) is 26.8 Å². The van der Waals surface area contributed by atoms with Gasteiger partial charge in [-0.15, -0.1) is 0 Å². The first-order valence-electron chi connectivity index (χ1n) is 16.3. The lowest BCUT2D eigenvalue weighted by Crippen LogP contribution is -2.48. The number of urea groups is 2. The van der Waals surface area contributed by atoms with Gasteiger partial charge in [0.05, 0.1) is 28.8 Å². The number of aromatic nitrogens is 4. The average Bonchev–Trinajstić information content (AvgIpc) is 3.74. The van der Waals surface area contributed by atoms with Crippen LogP contribution in [0.1, 0.15) is 63.3 Å². The molecule has 2 aromatic heterocycles. The van der Waals surface area contributed by atoms with Crippen LogP contribution in [0.2, 0.25) is 0 Å². The van der Waals surface area contributed by atoms with Crippen LogP contribution < -0.4 is 16.0 Å². The molecule has 3 aromatic carbocycles. The number of amides is 4. The van der Waals surface area contributed by atoms with Gasteiger partial charge in [0.1, 0.15) is 16.9 Å². The topological polar surface area (TPSA) is 117 Å². The van der Waals surface area contributed by atoms with E-state index in [2.05, 4.69) is 62.5 Å². The lowest BCUT2D eigenvalue weighted by atomic mass is 9.86. The van der Waals surface area contributed by atoms with Crippen molar-refractivity contribution in [3.63, 3.8) is 0 Å². The van der Waals surface area contributed by atoms with Crippen molar-refractivity contribution in [3.05, 3.63) is 89.6 Å². The smallest absolute Gasteiger partial charge is 0.319 e. The summed E-state index contributed by atoms with van der Waals surface area (Å²) in [6.45, 7) is 8.37. The third kappa shape index (κ3) is 6.58. The predicted octanol–water partition coefficient (Wildman–Crippen LogP) is 8.14. The fourth-order valence-corrected chi connectivity index (χ4v) is 7.53. The van der Waals surface area contributed by atoms with Gasteiger partial charge in [0, 0.05) is 29.3 Å². The molecule has 4 heterocycles. The maximum atomic E-state index is 13.4. The minimum Gasteiger partial charge on any atom is -0.319 e. The summed E-state index contributed by atoms with van der Waals surface area (Å²) in [7, 11) is 0. The van der Waals surface area contributed by atoms with Gasteiger partial charge in [0.2, 0.25) is 0 Å². The third-order valence-corrected chi connectivity index (χ3v) is 9.84. The maximum Gasteiger partial charge on any atom is 0.324 e. The van der Waals surface area contributed by atoms with Crippen molar-refractivity contribution in [1.82, 2.24) is 23.4 Å². The van der Waals surface area contributed by atoms with Crippen molar-refractivity contribution in [2.24, 2.45) is 5.92 Å². The quantitative estimate of drug-likeness (QED) is 0.172. The minimum absolute atomic E-state index is 0.0491. The fraction of sp³-hybridized carbons (Fsp3) is 0.361. The van der Waals surface area contributed by atoms with Crippen LogP contribution in [0.3, 0.4) is 0 Å². The summed E-state index contributed by atoms with van der Waals surface area (Å²) < 4.78 is 10.4. The van der Waals surface area contributed by atoms with Crippen LogP contribution in [0.5, 0.6) is 0 Å². The monoisotopic (exact) mass is 648 g/mol. The molecule has 242 valence electrons. The van der Waals surface area contributed by atoms with Gasteiger partial charge in [-0.2, -0.15) is 13.8 Å². The predicted molar refractivity (Wildman–Crippen MR) is 188 cm³/mol. The normalized spacial score (nSPS) is 19.1. The molecule has 4 amide bonds. The summed E-state index contributed by atoms with van der Waals surface area (Å²) in [5.41, 5.74) is 6.92. The highest BCUT2D eigenvalue weighted by Gasteiger charge is 2.43. The molecule has 2 unspecified atom stereocenters. The second kappa shape index (κ2) is 12.4. The van der Waals surface area contributed by atoms with Gasteiger partial charge in [-0.25, -0.2) is 14.3 Å². The van der Waals surface area contributed by atoms with Crippen LogP contribution >= 0.6 is 11.7 Å². The minimum atomic E-state index is -0.322. The molecule has 3 N–H and O–H groups in total. The lowest BCUT2D eigenvalue weighted by molar-refractivity contribution is 0.131. The van der Waals surface area contributed by atoms with Crippen LogP contribution in [-0.2, 0) is 11.8 Å². The van der Waals surface area contributed by atoms with Crippen molar-refractivity contribution in [1.29, 1.82) is 0 Å². The van der Waals surface area contributed by atoms with E-state index in [1.54, 1.807) is 4.68 Å². The molecule has 47 heavy (non-hydrogen) atoms. The molecule has 0 radical (unpaired) electrons. The van der Waals surface area contributed by atoms with E-state index in [0.717, 1.165) is 77.5 Å². The molecular weight excluding hydrogens is 609 g/mol. The summed E-state index contributed by atoms with van der Waals surface area (Å²) in [6, 6.07) is 23.9. The molecule has 2 saturated heterocycles. The number of rotatable bonds is 6. The summed E-state index contributed by atoms with van der Waals surface area (Å²) in [5, 5.41) is 14.0. The highest BCUT2D eigenvalue weighted by atomic mass is 32.1. The van der Waals surface area contributed by atoms with E-state index in [1.807, 2.05) is 67.6 Å². The number of hydrogen-bond donors (Lipinski definition) is 3. The number of carbonyl (C=O) groups excluding carboxylic acids is 2. The SMILES string of the molecule is Cc1ccc(-n2nc(C(C)(C)C)cc2NC(=O)Nc2cccc(CC3CC4CCC(C3)N4C(=O)Nc3cccc4nsnc34)c2)cc1. The zero-order chi connectivity index (χ0) is 32.7. The Morgan fingerprint density at radius 3 is 2.38 bits per heavy atom. The first-order chi connectivity index (χ1) is 22.6. The van der Waals surface area contributed by atoms with E-state index in [-0.39, 0.29) is 29.6 Å². The number of aryl methyl sites for hydroxylation is 1. The molecule has 2 atom stereocenters. The largest absolute Gasteiger partial charge is 0.324 e. The molecule has 0 saturated carbocycles. The van der Waals surface area contributed by atoms with Crippen molar-refractivity contribution in [2.75, 3.05) is 16.0 Å². The second-order valence-electron chi connectivity index (χ2n) is 13.9. The number of fused-ring (bicyclic) bond motifs is 3. The van der Waals surface area contributed by atoms with E-state index in [0.29, 0.717) is 17.4 Å². The molecule has 5 aromatic rings. The van der Waals surface area contributed by atoms with Gasteiger partial charge < -0.3 is 15.5 Å². The van der Waals surface area contributed by atoms with Gasteiger partial charge in [-0.1, -0.05) is 56.7 Å². The second-order valence-corrected chi connectivity index (χ2v) is 14.4. The van der Waals surface area contributed by atoms with Crippen molar-refractivity contribution in [2.45, 2.75) is 77.3 Å². The maximum absolute atomic E-state index is 13.4. The van der Waals surface area contributed by atoms with E-state index >= 15 is 0 Å². The molecule has 11 heteroatoms. The fourth-order valence-electron chi connectivity index (χ4n) is 6.98. The number of hydrogen-bond acceptors (Lipinski definition) is 6. The standard InChI is InChI=1S/C36H40N8O2S/c1-22-11-13-26(14-12-22)44-32(21-31(40-44)36(2,3)4)39-34(45)37-25-8-5-7-23(18-25)17-24-19-27-15-16-28(20-24)43(27)35(46)38-29-9-6-10-30-33(29)42-47-41-30/h5-14,18,21,24,27-28H,15-17,19-20H2,1-4H3,(H,38,46)(H2,37,39,45). The Labute approximate surface area is 278 Å².